The SMILES string of the molecule is C/C(=C/c1ccc(C(=O)O)cc1)c1ccc2c(c1)C(C)(C)CC(=O)C2(C)C. The Morgan fingerprint density at radius 3 is 2.15 bits per heavy atom. The molecule has 0 amide bonds. The number of carbonyl (C=O) groups is 2. The van der Waals surface area contributed by atoms with Crippen molar-refractivity contribution in [2.75, 3.05) is 0 Å². The van der Waals surface area contributed by atoms with Crippen LogP contribution >= 0.6 is 0 Å². The van der Waals surface area contributed by atoms with Crippen molar-refractivity contribution in [3.05, 3.63) is 70.3 Å². The molecule has 0 atom stereocenters. The van der Waals surface area contributed by atoms with Gasteiger partial charge in [-0.05, 0) is 66.1 Å². The zero-order valence-corrected chi connectivity index (χ0v) is 16.6. The highest BCUT2D eigenvalue weighted by Crippen LogP contribution is 2.44. The van der Waals surface area contributed by atoms with E-state index < -0.39 is 11.4 Å². The Hall–Kier alpha value is -2.68. The first-order chi connectivity index (χ1) is 12.5. The average Bonchev–Trinajstić information content (AvgIpc) is 2.60. The van der Waals surface area contributed by atoms with Crippen LogP contribution in [-0.4, -0.2) is 16.9 Å². The summed E-state index contributed by atoms with van der Waals surface area (Å²) in [6.07, 6.45) is 2.61. The topological polar surface area (TPSA) is 54.4 Å². The van der Waals surface area contributed by atoms with Crippen LogP contribution < -0.4 is 0 Å². The van der Waals surface area contributed by atoms with E-state index in [2.05, 4.69) is 45.0 Å². The van der Waals surface area contributed by atoms with Crippen molar-refractivity contribution in [2.24, 2.45) is 0 Å². The number of carboxylic acids is 1. The number of hydrogen-bond acceptors (Lipinski definition) is 2. The quantitative estimate of drug-likeness (QED) is 0.736. The lowest BCUT2D eigenvalue weighted by Crippen LogP contribution is -2.42. The summed E-state index contributed by atoms with van der Waals surface area (Å²) >= 11 is 0. The van der Waals surface area contributed by atoms with Crippen LogP contribution in [0.3, 0.4) is 0 Å². The summed E-state index contributed by atoms with van der Waals surface area (Å²) in [6.45, 7) is 10.3. The van der Waals surface area contributed by atoms with E-state index in [0.29, 0.717) is 12.2 Å². The average molecular weight is 362 g/mol. The van der Waals surface area contributed by atoms with Gasteiger partial charge in [-0.15, -0.1) is 0 Å². The maximum atomic E-state index is 12.6. The van der Waals surface area contributed by atoms with Crippen molar-refractivity contribution in [1.82, 2.24) is 0 Å². The van der Waals surface area contributed by atoms with E-state index >= 15 is 0 Å². The molecular formula is C24H26O3. The second-order valence-electron chi connectivity index (χ2n) is 8.62. The van der Waals surface area contributed by atoms with Gasteiger partial charge >= 0.3 is 5.97 Å². The number of carboxylic acid groups (broad SMARTS) is 1. The maximum absolute atomic E-state index is 12.6. The van der Waals surface area contributed by atoms with Crippen LogP contribution in [0.25, 0.3) is 11.6 Å². The molecule has 3 nitrogen and oxygen atoms in total. The maximum Gasteiger partial charge on any atom is 0.335 e. The highest BCUT2D eigenvalue weighted by molar-refractivity contribution is 5.93. The van der Waals surface area contributed by atoms with Gasteiger partial charge in [0.15, 0.2) is 0 Å². The van der Waals surface area contributed by atoms with Gasteiger partial charge in [-0.3, -0.25) is 4.79 Å². The summed E-state index contributed by atoms with van der Waals surface area (Å²) in [5.41, 5.74) is 5.19. The Kier molecular flexibility index (Phi) is 4.59. The Balaban J connectivity index is 2.01. The smallest absolute Gasteiger partial charge is 0.335 e. The number of ketones is 1. The number of Topliss-reactive ketones (excluding diaryl/α,β-unsaturated/α-hetero) is 1. The highest BCUT2D eigenvalue weighted by Gasteiger charge is 2.43. The molecule has 27 heavy (non-hydrogen) atoms. The zero-order valence-electron chi connectivity index (χ0n) is 16.6. The Morgan fingerprint density at radius 1 is 0.963 bits per heavy atom. The van der Waals surface area contributed by atoms with Crippen molar-refractivity contribution in [3.63, 3.8) is 0 Å². The molecule has 3 heteroatoms. The first-order valence-electron chi connectivity index (χ1n) is 9.23. The van der Waals surface area contributed by atoms with E-state index in [1.54, 1.807) is 12.1 Å². The fourth-order valence-corrected chi connectivity index (χ4v) is 3.82. The summed E-state index contributed by atoms with van der Waals surface area (Å²) in [5.74, 6) is -0.630. The van der Waals surface area contributed by atoms with Crippen LogP contribution in [0.1, 0.15) is 73.7 Å². The summed E-state index contributed by atoms with van der Waals surface area (Å²) in [5, 5.41) is 9.02. The third kappa shape index (κ3) is 3.46. The molecule has 1 N–H and O–H groups in total. The van der Waals surface area contributed by atoms with Gasteiger partial charge in [-0.2, -0.15) is 0 Å². The lowest BCUT2D eigenvalue weighted by atomic mass is 9.62. The third-order valence-electron chi connectivity index (χ3n) is 5.72. The molecule has 0 aromatic heterocycles. The minimum atomic E-state index is -0.920. The summed E-state index contributed by atoms with van der Waals surface area (Å²) < 4.78 is 0. The monoisotopic (exact) mass is 362 g/mol. The number of rotatable bonds is 3. The molecular weight excluding hydrogens is 336 g/mol. The van der Waals surface area contributed by atoms with Crippen LogP contribution in [0.15, 0.2) is 42.5 Å². The number of carbonyl (C=O) groups excluding carboxylic acids is 1. The molecule has 1 aliphatic carbocycles. The van der Waals surface area contributed by atoms with Crippen molar-refractivity contribution in [2.45, 2.75) is 51.9 Å². The third-order valence-corrected chi connectivity index (χ3v) is 5.72. The van der Waals surface area contributed by atoms with E-state index in [0.717, 1.165) is 22.3 Å². The summed E-state index contributed by atoms with van der Waals surface area (Å²) in [6, 6.07) is 13.2. The molecule has 0 heterocycles. The van der Waals surface area contributed by atoms with Gasteiger partial charge in [-0.25, -0.2) is 4.79 Å². The molecule has 0 saturated carbocycles. The predicted molar refractivity (Wildman–Crippen MR) is 109 cm³/mol. The zero-order chi connectivity index (χ0) is 20.0. The summed E-state index contributed by atoms with van der Waals surface area (Å²) in [7, 11) is 0. The molecule has 1 aliphatic rings. The second kappa shape index (κ2) is 6.49. The molecule has 0 fully saturated rings. The van der Waals surface area contributed by atoms with Gasteiger partial charge in [0.1, 0.15) is 5.78 Å². The molecule has 140 valence electrons. The van der Waals surface area contributed by atoms with Crippen LogP contribution in [0, 0.1) is 0 Å². The molecule has 0 spiro atoms. The summed E-state index contributed by atoms with van der Waals surface area (Å²) in [4.78, 5) is 23.6. The number of fused-ring (bicyclic) bond motifs is 1. The first-order valence-corrected chi connectivity index (χ1v) is 9.23. The lowest BCUT2D eigenvalue weighted by Gasteiger charge is -2.40. The van der Waals surface area contributed by atoms with Crippen molar-refractivity contribution in [3.8, 4) is 0 Å². The number of hydrogen-bond donors (Lipinski definition) is 1. The molecule has 0 saturated heterocycles. The second-order valence-corrected chi connectivity index (χ2v) is 8.62. The van der Waals surface area contributed by atoms with Crippen molar-refractivity contribution < 1.29 is 14.7 Å². The van der Waals surface area contributed by atoms with Gasteiger partial charge in [0.25, 0.3) is 0 Å². The molecule has 0 aliphatic heterocycles. The minimum absolute atomic E-state index is 0.179. The van der Waals surface area contributed by atoms with Gasteiger partial charge in [0.2, 0.25) is 0 Å². The molecule has 3 rings (SSSR count). The lowest BCUT2D eigenvalue weighted by molar-refractivity contribution is -0.125. The van der Waals surface area contributed by atoms with Crippen LogP contribution in [0.2, 0.25) is 0 Å². The van der Waals surface area contributed by atoms with Gasteiger partial charge < -0.3 is 5.11 Å². The molecule has 0 radical (unpaired) electrons. The van der Waals surface area contributed by atoms with E-state index in [1.807, 2.05) is 26.0 Å². The van der Waals surface area contributed by atoms with Gasteiger partial charge in [0.05, 0.1) is 5.56 Å². The van der Waals surface area contributed by atoms with Gasteiger partial charge in [0, 0.05) is 11.8 Å². The predicted octanol–water partition coefficient (Wildman–Crippen LogP) is 5.47. The highest BCUT2D eigenvalue weighted by atomic mass is 16.4. The van der Waals surface area contributed by atoms with Crippen molar-refractivity contribution >= 4 is 23.4 Å². The standard InChI is InChI=1S/C24H26O3/c1-15(12-16-6-8-17(9-7-16)22(26)27)18-10-11-19-20(13-18)23(2,3)14-21(25)24(19,4)5/h6-13H,14H2,1-5H3,(H,26,27)/b15-12-. The van der Waals surface area contributed by atoms with Gasteiger partial charge in [-0.1, -0.05) is 50.3 Å². The Labute approximate surface area is 160 Å². The number of benzene rings is 2. The fraction of sp³-hybridized carbons (Fsp3) is 0.333. The Bertz CT molecular complexity index is 944. The minimum Gasteiger partial charge on any atom is -0.478 e. The van der Waals surface area contributed by atoms with Crippen LogP contribution in [0.5, 0.6) is 0 Å². The first kappa shape index (κ1) is 19.1. The number of allylic oxidation sites excluding steroid dienone is 1. The Morgan fingerprint density at radius 2 is 1.56 bits per heavy atom. The van der Waals surface area contributed by atoms with E-state index in [9.17, 15) is 9.59 Å². The molecule has 0 bridgehead atoms. The van der Waals surface area contributed by atoms with E-state index in [4.69, 9.17) is 5.11 Å². The van der Waals surface area contributed by atoms with E-state index in [1.165, 1.54) is 5.56 Å². The fourth-order valence-electron chi connectivity index (χ4n) is 3.82. The molecule has 2 aromatic rings. The van der Waals surface area contributed by atoms with Crippen LogP contribution in [0.4, 0.5) is 0 Å². The number of aromatic carboxylic acids is 1. The van der Waals surface area contributed by atoms with Crippen molar-refractivity contribution in [1.29, 1.82) is 0 Å². The normalized spacial score (nSPS) is 18.1. The molecule has 0 unspecified atom stereocenters. The largest absolute Gasteiger partial charge is 0.478 e. The molecule has 2 aromatic carbocycles. The van der Waals surface area contributed by atoms with E-state index in [-0.39, 0.29) is 11.0 Å². The van der Waals surface area contributed by atoms with Crippen LogP contribution in [-0.2, 0) is 15.6 Å².